The molecular weight excluding hydrogens is 288 g/mol. The second kappa shape index (κ2) is 7.66. The predicted molar refractivity (Wildman–Crippen MR) is 84.8 cm³/mol. The number of likely N-dealkylation sites (N-methyl/N-ethyl adjacent to an activating group) is 1. The van der Waals surface area contributed by atoms with E-state index in [1.165, 1.54) is 6.42 Å². The minimum absolute atomic E-state index is 0.0853. The fourth-order valence-corrected chi connectivity index (χ4v) is 2.88. The molecule has 116 valence electrons. The van der Waals surface area contributed by atoms with Gasteiger partial charge in [0.2, 0.25) is 0 Å². The van der Waals surface area contributed by atoms with Crippen molar-refractivity contribution in [1.82, 2.24) is 10.2 Å². The number of carbonyl (C=O) groups is 1. The molecule has 4 nitrogen and oxygen atoms in total. The molecule has 21 heavy (non-hydrogen) atoms. The first-order chi connectivity index (χ1) is 10.1. The number of rotatable bonds is 6. The second-order valence-electron chi connectivity index (χ2n) is 5.39. The van der Waals surface area contributed by atoms with E-state index in [2.05, 4.69) is 17.1 Å². The van der Waals surface area contributed by atoms with E-state index in [1.807, 2.05) is 0 Å². The van der Waals surface area contributed by atoms with Gasteiger partial charge in [0, 0.05) is 17.6 Å². The lowest BCUT2D eigenvalue weighted by atomic mass is 10.2. The molecule has 0 spiro atoms. The average molecular weight is 311 g/mol. The maximum atomic E-state index is 12.1. The van der Waals surface area contributed by atoms with Crippen molar-refractivity contribution >= 4 is 17.5 Å². The highest BCUT2D eigenvalue weighted by atomic mass is 35.5. The lowest BCUT2D eigenvalue weighted by Crippen LogP contribution is -2.44. The number of nitrogens with zero attached hydrogens (tertiary/aromatic N) is 1. The van der Waals surface area contributed by atoms with Crippen molar-refractivity contribution in [2.24, 2.45) is 0 Å². The number of amides is 1. The molecule has 1 fully saturated rings. The largest absolute Gasteiger partial charge is 0.481 e. The maximum Gasteiger partial charge on any atom is 0.260 e. The summed E-state index contributed by atoms with van der Waals surface area (Å²) in [6.45, 7) is 6.77. The zero-order valence-corrected chi connectivity index (χ0v) is 13.4. The highest BCUT2D eigenvalue weighted by molar-refractivity contribution is 6.30. The first-order valence-corrected chi connectivity index (χ1v) is 7.92. The summed E-state index contributed by atoms with van der Waals surface area (Å²) in [5, 5.41) is 3.59. The first kappa shape index (κ1) is 16.1. The molecule has 1 aliphatic heterocycles. The maximum absolute atomic E-state index is 12.1. The summed E-state index contributed by atoms with van der Waals surface area (Å²) < 4.78 is 5.62. The van der Waals surface area contributed by atoms with Crippen molar-refractivity contribution in [3.8, 4) is 5.75 Å². The summed E-state index contributed by atoms with van der Waals surface area (Å²) in [5.41, 5.74) is 0. The summed E-state index contributed by atoms with van der Waals surface area (Å²) in [7, 11) is 0. The Hall–Kier alpha value is -1.26. The molecule has 0 aromatic heterocycles. The van der Waals surface area contributed by atoms with E-state index >= 15 is 0 Å². The van der Waals surface area contributed by atoms with Crippen LogP contribution in [0.2, 0.25) is 5.02 Å². The number of hydrogen-bond donors (Lipinski definition) is 1. The van der Waals surface area contributed by atoms with Crippen LogP contribution in [0.5, 0.6) is 5.75 Å². The van der Waals surface area contributed by atoms with E-state index < -0.39 is 6.10 Å². The fraction of sp³-hybridized carbons (Fsp3) is 0.562. The predicted octanol–water partition coefficient (Wildman–Crippen LogP) is 2.71. The second-order valence-corrected chi connectivity index (χ2v) is 5.82. The molecule has 1 N–H and O–H groups in total. The van der Waals surface area contributed by atoms with Crippen LogP contribution in [0.3, 0.4) is 0 Å². The summed E-state index contributed by atoms with van der Waals surface area (Å²) in [5.74, 6) is 0.527. The number of likely N-dealkylation sites (tertiary alicyclic amines) is 1. The van der Waals surface area contributed by atoms with Gasteiger partial charge in [0.15, 0.2) is 6.10 Å². The Morgan fingerprint density at radius 1 is 1.57 bits per heavy atom. The van der Waals surface area contributed by atoms with E-state index in [1.54, 1.807) is 31.2 Å². The van der Waals surface area contributed by atoms with E-state index in [9.17, 15) is 4.79 Å². The van der Waals surface area contributed by atoms with E-state index in [0.29, 0.717) is 23.4 Å². The number of ether oxygens (including phenoxy) is 1. The Kier molecular flexibility index (Phi) is 5.88. The summed E-state index contributed by atoms with van der Waals surface area (Å²) >= 11 is 5.90. The van der Waals surface area contributed by atoms with Crippen LogP contribution in [0.15, 0.2) is 24.3 Å². The lowest BCUT2D eigenvalue weighted by Gasteiger charge is -2.23. The van der Waals surface area contributed by atoms with Gasteiger partial charge in [-0.05, 0) is 51.1 Å². The van der Waals surface area contributed by atoms with Gasteiger partial charge < -0.3 is 10.1 Å². The van der Waals surface area contributed by atoms with E-state index in [4.69, 9.17) is 16.3 Å². The van der Waals surface area contributed by atoms with Gasteiger partial charge >= 0.3 is 0 Å². The number of carbonyl (C=O) groups excluding carboxylic acids is 1. The van der Waals surface area contributed by atoms with E-state index in [0.717, 1.165) is 19.5 Å². The van der Waals surface area contributed by atoms with Crippen molar-refractivity contribution in [2.45, 2.75) is 38.8 Å². The van der Waals surface area contributed by atoms with Crippen molar-refractivity contribution in [3.63, 3.8) is 0 Å². The smallest absolute Gasteiger partial charge is 0.260 e. The molecule has 2 atom stereocenters. The van der Waals surface area contributed by atoms with Crippen LogP contribution in [0.4, 0.5) is 0 Å². The summed E-state index contributed by atoms with van der Waals surface area (Å²) in [4.78, 5) is 14.5. The van der Waals surface area contributed by atoms with Crippen molar-refractivity contribution in [3.05, 3.63) is 29.3 Å². The monoisotopic (exact) mass is 310 g/mol. The molecule has 1 saturated heterocycles. The van der Waals surface area contributed by atoms with Crippen LogP contribution in [0.1, 0.15) is 26.7 Å². The zero-order chi connectivity index (χ0) is 15.2. The lowest BCUT2D eigenvalue weighted by molar-refractivity contribution is -0.127. The van der Waals surface area contributed by atoms with Gasteiger partial charge in [0.25, 0.3) is 5.91 Å². The fourth-order valence-electron chi connectivity index (χ4n) is 2.70. The third-order valence-corrected chi connectivity index (χ3v) is 4.13. The van der Waals surface area contributed by atoms with Crippen molar-refractivity contribution in [2.75, 3.05) is 19.6 Å². The van der Waals surface area contributed by atoms with Gasteiger partial charge in [-0.15, -0.1) is 0 Å². The standard InChI is InChI=1S/C16H23ClN2O2/c1-3-19-9-5-7-14(19)11-18-16(20)12(2)21-15-8-4-6-13(17)10-15/h4,6,8,10,12,14H,3,5,7,9,11H2,1-2H3,(H,18,20)/t12-,14+/m0/s1. The SMILES string of the molecule is CCN1CCC[C@@H]1CNC(=O)[C@H](C)Oc1cccc(Cl)c1. The topological polar surface area (TPSA) is 41.6 Å². The molecule has 1 amide bonds. The van der Waals surface area contributed by atoms with Crippen LogP contribution in [-0.2, 0) is 4.79 Å². The van der Waals surface area contributed by atoms with Crippen LogP contribution < -0.4 is 10.1 Å². The minimum atomic E-state index is -0.528. The summed E-state index contributed by atoms with van der Waals surface area (Å²) in [6, 6.07) is 7.54. The third kappa shape index (κ3) is 4.61. The van der Waals surface area contributed by atoms with Gasteiger partial charge in [-0.2, -0.15) is 0 Å². The third-order valence-electron chi connectivity index (χ3n) is 3.90. The van der Waals surface area contributed by atoms with Gasteiger partial charge in [0.1, 0.15) is 5.75 Å². The first-order valence-electron chi connectivity index (χ1n) is 7.54. The van der Waals surface area contributed by atoms with Crippen LogP contribution in [0, 0.1) is 0 Å². The van der Waals surface area contributed by atoms with Gasteiger partial charge in [0.05, 0.1) is 0 Å². The Bertz CT molecular complexity index is 481. The number of nitrogens with one attached hydrogen (secondary N) is 1. The molecule has 0 saturated carbocycles. The van der Waals surface area contributed by atoms with Gasteiger partial charge in [-0.1, -0.05) is 24.6 Å². The molecule has 1 aromatic rings. The highest BCUT2D eigenvalue weighted by Gasteiger charge is 2.24. The Balaban J connectivity index is 1.80. The average Bonchev–Trinajstić information content (AvgIpc) is 2.92. The Morgan fingerprint density at radius 2 is 2.38 bits per heavy atom. The molecule has 1 aliphatic rings. The van der Waals surface area contributed by atoms with Crippen LogP contribution >= 0.6 is 11.6 Å². The Morgan fingerprint density at radius 3 is 3.10 bits per heavy atom. The normalized spacial score (nSPS) is 20.2. The minimum Gasteiger partial charge on any atom is -0.481 e. The summed E-state index contributed by atoms with van der Waals surface area (Å²) in [6.07, 6.45) is 1.83. The van der Waals surface area contributed by atoms with E-state index in [-0.39, 0.29) is 5.91 Å². The molecular formula is C16H23ClN2O2. The van der Waals surface area contributed by atoms with Gasteiger partial charge in [-0.25, -0.2) is 0 Å². The molecule has 0 bridgehead atoms. The number of benzene rings is 1. The van der Waals surface area contributed by atoms with Crippen molar-refractivity contribution < 1.29 is 9.53 Å². The zero-order valence-electron chi connectivity index (χ0n) is 12.6. The molecule has 5 heteroatoms. The number of hydrogen-bond acceptors (Lipinski definition) is 3. The van der Waals surface area contributed by atoms with Crippen LogP contribution in [-0.4, -0.2) is 42.6 Å². The van der Waals surface area contributed by atoms with Gasteiger partial charge in [-0.3, -0.25) is 9.69 Å². The Labute approximate surface area is 131 Å². The molecule has 1 aromatic carbocycles. The molecule has 0 radical (unpaired) electrons. The highest BCUT2D eigenvalue weighted by Crippen LogP contribution is 2.19. The quantitative estimate of drug-likeness (QED) is 0.878. The van der Waals surface area contributed by atoms with Crippen LogP contribution in [0.25, 0.3) is 0 Å². The number of halogens is 1. The molecule has 0 aliphatic carbocycles. The molecule has 2 rings (SSSR count). The molecule has 0 unspecified atom stereocenters. The molecule has 1 heterocycles. The van der Waals surface area contributed by atoms with Crippen molar-refractivity contribution in [1.29, 1.82) is 0 Å².